The zero-order valence-electron chi connectivity index (χ0n) is 14.2. The third-order valence-electron chi connectivity index (χ3n) is 4.44. The summed E-state index contributed by atoms with van der Waals surface area (Å²) in [5, 5.41) is 14.4. The molecule has 0 spiro atoms. The largest absolute Gasteiger partial charge is 0.320 e. The fourth-order valence-corrected chi connectivity index (χ4v) is 4.06. The van der Waals surface area contributed by atoms with Crippen molar-refractivity contribution in [3.63, 3.8) is 0 Å². The summed E-state index contributed by atoms with van der Waals surface area (Å²) in [6.07, 6.45) is 0.807. The maximum Gasteiger partial charge on any atom is 0.234 e. The Morgan fingerprint density at radius 3 is 2.65 bits per heavy atom. The summed E-state index contributed by atoms with van der Waals surface area (Å²) in [4.78, 5) is 5.45. The molecule has 0 aliphatic rings. The number of nitrogens with zero attached hydrogens (tertiary/aromatic N) is 6. The number of imidazole rings is 1. The molecule has 26 heavy (non-hydrogen) atoms. The topological polar surface area (TPSA) is 60.9 Å². The molecule has 0 unspecified atom stereocenters. The Morgan fingerprint density at radius 2 is 1.77 bits per heavy atom. The normalized spacial score (nSPS) is 11.6. The van der Waals surface area contributed by atoms with E-state index in [4.69, 9.17) is 5.10 Å². The first-order valence-electron chi connectivity index (χ1n) is 8.44. The van der Waals surface area contributed by atoms with Gasteiger partial charge in [0.1, 0.15) is 10.8 Å². The molecule has 7 heteroatoms. The number of para-hydroxylation sites is 2. The molecule has 0 atom stereocenters. The quantitative estimate of drug-likeness (QED) is 0.492. The Bertz CT molecular complexity index is 1200. The first kappa shape index (κ1) is 15.2. The molecule has 0 N–H and O–H groups in total. The summed E-state index contributed by atoms with van der Waals surface area (Å²) in [7, 11) is 0. The summed E-state index contributed by atoms with van der Waals surface area (Å²) in [5.41, 5.74) is 3.34. The molecule has 0 bridgehead atoms. The summed E-state index contributed by atoms with van der Waals surface area (Å²) in [5.74, 6) is 1.78. The standard InChI is InChI=1S/C19H16N6S/c1-13-20-15-9-5-6-10-16(15)24(13)12-17-21-22-19-25(17)23-18(26-19)11-14-7-3-2-4-8-14/h2-10H,11-12H2,1H3. The van der Waals surface area contributed by atoms with Crippen molar-refractivity contribution in [2.75, 3.05) is 0 Å². The molecule has 0 aliphatic carbocycles. The molecule has 6 nitrogen and oxygen atoms in total. The monoisotopic (exact) mass is 360 g/mol. The molecule has 5 aromatic rings. The fourth-order valence-electron chi connectivity index (χ4n) is 3.17. The van der Waals surface area contributed by atoms with E-state index in [0.29, 0.717) is 6.54 Å². The molecule has 128 valence electrons. The van der Waals surface area contributed by atoms with Crippen molar-refractivity contribution in [1.29, 1.82) is 0 Å². The predicted molar refractivity (Wildman–Crippen MR) is 101 cm³/mol. The number of fused-ring (bicyclic) bond motifs is 2. The van der Waals surface area contributed by atoms with E-state index in [2.05, 4.69) is 37.9 Å². The molecule has 0 fully saturated rings. The SMILES string of the molecule is Cc1nc2ccccc2n1Cc1nnc2sc(Cc3ccccc3)nn12. The van der Waals surface area contributed by atoms with E-state index in [0.717, 1.165) is 39.1 Å². The van der Waals surface area contributed by atoms with Crippen LogP contribution in [0.2, 0.25) is 0 Å². The molecular weight excluding hydrogens is 344 g/mol. The van der Waals surface area contributed by atoms with Gasteiger partial charge in [0.25, 0.3) is 0 Å². The summed E-state index contributed by atoms with van der Waals surface area (Å²) < 4.78 is 4.01. The predicted octanol–water partition coefficient (Wildman–Crippen LogP) is 3.48. The van der Waals surface area contributed by atoms with Crippen LogP contribution in [-0.4, -0.2) is 29.4 Å². The average molecular weight is 360 g/mol. The molecule has 0 amide bonds. The van der Waals surface area contributed by atoms with E-state index < -0.39 is 0 Å². The van der Waals surface area contributed by atoms with Crippen molar-refractivity contribution in [2.45, 2.75) is 19.9 Å². The van der Waals surface area contributed by atoms with Gasteiger partial charge in [-0.25, -0.2) is 4.98 Å². The molecule has 0 aliphatic heterocycles. The van der Waals surface area contributed by atoms with Gasteiger partial charge in [-0.15, -0.1) is 10.2 Å². The smallest absolute Gasteiger partial charge is 0.234 e. The molecule has 0 radical (unpaired) electrons. The van der Waals surface area contributed by atoms with E-state index in [9.17, 15) is 0 Å². The van der Waals surface area contributed by atoms with Gasteiger partial charge in [0.05, 0.1) is 17.6 Å². The molecular formula is C19H16N6S. The van der Waals surface area contributed by atoms with E-state index >= 15 is 0 Å². The van der Waals surface area contributed by atoms with Gasteiger partial charge in [0, 0.05) is 6.42 Å². The van der Waals surface area contributed by atoms with Crippen LogP contribution in [0.4, 0.5) is 0 Å². The Labute approximate surface area is 153 Å². The summed E-state index contributed by atoms with van der Waals surface area (Å²) in [6.45, 7) is 2.61. The van der Waals surface area contributed by atoms with E-state index in [1.165, 1.54) is 5.56 Å². The molecule has 3 heterocycles. The maximum absolute atomic E-state index is 4.73. The van der Waals surface area contributed by atoms with Crippen molar-refractivity contribution in [1.82, 2.24) is 29.4 Å². The fraction of sp³-hybridized carbons (Fsp3) is 0.158. The third-order valence-corrected chi connectivity index (χ3v) is 5.34. The van der Waals surface area contributed by atoms with Gasteiger partial charge in [-0.2, -0.15) is 9.61 Å². The van der Waals surface area contributed by atoms with Crippen LogP contribution in [0, 0.1) is 6.92 Å². The molecule has 0 saturated carbocycles. The van der Waals surface area contributed by atoms with E-state index in [1.807, 2.05) is 47.8 Å². The highest BCUT2D eigenvalue weighted by Crippen LogP contribution is 2.20. The Kier molecular flexibility index (Phi) is 3.53. The van der Waals surface area contributed by atoms with Crippen LogP contribution in [0.5, 0.6) is 0 Å². The highest BCUT2D eigenvalue weighted by Gasteiger charge is 2.15. The Hall–Kier alpha value is -3.06. The Balaban J connectivity index is 1.50. The molecule has 3 aromatic heterocycles. The highest BCUT2D eigenvalue weighted by molar-refractivity contribution is 7.16. The van der Waals surface area contributed by atoms with Gasteiger partial charge in [0.2, 0.25) is 4.96 Å². The lowest BCUT2D eigenvalue weighted by Crippen LogP contribution is -2.07. The number of aryl methyl sites for hydroxylation is 1. The van der Waals surface area contributed by atoms with Crippen LogP contribution in [0.25, 0.3) is 16.0 Å². The molecule has 2 aromatic carbocycles. The second-order valence-electron chi connectivity index (χ2n) is 6.20. The summed E-state index contributed by atoms with van der Waals surface area (Å²) >= 11 is 1.59. The van der Waals surface area contributed by atoms with Crippen LogP contribution in [0.3, 0.4) is 0 Å². The lowest BCUT2D eigenvalue weighted by atomic mass is 10.2. The zero-order valence-corrected chi connectivity index (χ0v) is 15.0. The van der Waals surface area contributed by atoms with Gasteiger partial charge < -0.3 is 4.57 Å². The van der Waals surface area contributed by atoms with Crippen LogP contribution < -0.4 is 0 Å². The van der Waals surface area contributed by atoms with Gasteiger partial charge in [-0.1, -0.05) is 53.8 Å². The van der Waals surface area contributed by atoms with Crippen molar-refractivity contribution >= 4 is 27.3 Å². The van der Waals surface area contributed by atoms with Crippen molar-refractivity contribution in [3.05, 3.63) is 76.8 Å². The third kappa shape index (κ3) is 2.57. The summed E-state index contributed by atoms with van der Waals surface area (Å²) in [6, 6.07) is 18.5. The number of aromatic nitrogens is 6. The lowest BCUT2D eigenvalue weighted by Gasteiger charge is -2.04. The maximum atomic E-state index is 4.73. The minimum atomic E-state index is 0.599. The first-order valence-corrected chi connectivity index (χ1v) is 9.25. The minimum Gasteiger partial charge on any atom is -0.320 e. The van der Waals surface area contributed by atoms with Gasteiger partial charge in [-0.05, 0) is 24.6 Å². The highest BCUT2D eigenvalue weighted by atomic mass is 32.1. The molecule has 0 saturated heterocycles. The molecule has 5 rings (SSSR count). The van der Waals surface area contributed by atoms with Crippen LogP contribution in [0.1, 0.15) is 22.2 Å². The second kappa shape index (κ2) is 6.03. The van der Waals surface area contributed by atoms with Gasteiger partial charge >= 0.3 is 0 Å². The first-order chi connectivity index (χ1) is 12.8. The van der Waals surface area contributed by atoms with Crippen molar-refractivity contribution in [3.8, 4) is 0 Å². The van der Waals surface area contributed by atoms with Crippen LogP contribution >= 0.6 is 11.3 Å². The van der Waals surface area contributed by atoms with E-state index in [1.54, 1.807) is 11.3 Å². The lowest BCUT2D eigenvalue weighted by molar-refractivity contribution is 0.702. The van der Waals surface area contributed by atoms with Crippen molar-refractivity contribution in [2.24, 2.45) is 0 Å². The number of rotatable bonds is 4. The van der Waals surface area contributed by atoms with Crippen LogP contribution in [-0.2, 0) is 13.0 Å². The number of hydrogen-bond acceptors (Lipinski definition) is 5. The zero-order chi connectivity index (χ0) is 17.5. The minimum absolute atomic E-state index is 0.599. The number of hydrogen-bond donors (Lipinski definition) is 0. The average Bonchev–Trinajstić information content (AvgIpc) is 3.30. The van der Waals surface area contributed by atoms with Gasteiger partial charge in [-0.3, -0.25) is 0 Å². The van der Waals surface area contributed by atoms with Crippen LogP contribution in [0.15, 0.2) is 54.6 Å². The number of benzene rings is 2. The van der Waals surface area contributed by atoms with Gasteiger partial charge in [0.15, 0.2) is 5.82 Å². The Morgan fingerprint density at radius 1 is 0.962 bits per heavy atom. The van der Waals surface area contributed by atoms with E-state index in [-0.39, 0.29) is 0 Å². The second-order valence-corrected chi connectivity index (χ2v) is 7.24. The van der Waals surface area contributed by atoms with Crippen molar-refractivity contribution < 1.29 is 0 Å².